The van der Waals surface area contributed by atoms with E-state index < -0.39 is 12.0 Å². The van der Waals surface area contributed by atoms with Crippen LogP contribution in [0.5, 0.6) is 0 Å². The van der Waals surface area contributed by atoms with E-state index in [1.807, 2.05) is 0 Å². The Morgan fingerprint density at radius 3 is 2.79 bits per heavy atom. The molecule has 0 aromatic rings. The molecule has 2 amide bonds. The minimum Gasteiger partial charge on any atom is -0.480 e. The van der Waals surface area contributed by atoms with Crippen LogP contribution in [0.25, 0.3) is 0 Å². The molecule has 2 N–H and O–H groups in total. The summed E-state index contributed by atoms with van der Waals surface area (Å²) in [6.45, 7) is 5.22. The minimum absolute atomic E-state index is 0.237. The summed E-state index contributed by atoms with van der Waals surface area (Å²) >= 11 is 0. The number of piperidine rings is 1. The largest absolute Gasteiger partial charge is 0.480 e. The molecule has 1 unspecified atom stereocenters. The molecule has 2 saturated heterocycles. The van der Waals surface area contributed by atoms with E-state index in [9.17, 15) is 9.59 Å². The van der Waals surface area contributed by atoms with E-state index in [1.165, 1.54) is 12.8 Å². The van der Waals surface area contributed by atoms with Gasteiger partial charge in [0.25, 0.3) is 0 Å². The highest BCUT2D eigenvalue weighted by atomic mass is 16.4. The van der Waals surface area contributed by atoms with Crippen molar-refractivity contribution in [3.05, 3.63) is 0 Å². The monoisotopic (exact) mass is 269 g/mol. The molecule has 6 heteroatoms. The molecule has 0 aromatic heterocycles. The molecule has 0 saturated carbocycles. The number of hydrogen-bond acceptors (Lipinski definition) is 3. The summed E-state index contributed by atoms with van der Waals surface area (Å²) in [6.07, 6.45) is 4.02. The average Bonchev–Trinajstić information content (AvgIpc) is 2.43. The third-order valence-electron chi connectivity index (χ3n) is 4.13. The fourth-order valence-corrected chi connectivity index (χ4v) is 2.92. The smallest absolute Gasteiger partial charge is 0.326 e. The molecule has 6 nitrogen and oxygen atoms in total. The number of carbonyl (C=O) groups excluding carboxylic acids is 1. The topological polar surface area (TPSA) is 72.9 Å². The van der Waals surface area contributed by atoms with Gasteiger partial charge in [-0.1, -0.05) is 13.3 Å². The SMILES string of the molecule is CC[C@H](NC(=O)N1CCN2CCCCC2C1)C(=O)O. The summed E-state index contributed by atoms with van der Waals surface area (Å²) < 4.78 is 0. The van der Waals surface area contributed by atoms with Gasteiger partial charge in [-0.05, 0) is 25.8 Å². The van der Waals surface area contributed by atoms with E-state index in [0.29, 0.717) is 19.0 Å². The molecular weight excluding hydrogens is 246 g/mol. The first-order valence-electron chi connectivity index (χ1n) is 7.14. The van der Waals surface area contributed by atoms with Gasteiger partial charge < -0.3 is 15.3 Å². The summed E-state index contributed by atoms with van der Waals surface area (Å²) in [5.74, 6) is -0.966. The standard InChI is InChI=1S/C13H23N3O3/c1-2-11(12(17)18)14-13(19)16-8-7-15-6-4-3-5-10(15)9-16/h10-11H,2-9H2,1H3,(H,14,19)(H,17,18)/t10?,11-/m0/s1. The molecular formula is C13H23N3O3. The lowest BCUT2D eigenvalue weighted by molar-refractivity contribution is -0.139. The molecule has 2 rings (SSSR count). The van der Waals surface area contributed by atoms with Crippen molar-refractivity contribution < 1.29 is 14.7 Å². The molecule has 2 heterocycles. The molecule has 0 bridgehead atoms. The second-order valence-electron chi connectivity index (χ2n) is 5.38. The molecule has 0 aromatic carbocycles. The number of nitrogens with zero attached hydrogens (tertiary/aromatic N) is 2. The van der Waals surface area contributed by atoms with Crippen LogP contribution < -0.4 is 5.32 Å². The number of carboxylic acid groups (broad SMARTS) is 1. The lowest BCUT2D eigenvalue weighted by Crippen LogP contribution is -2.59. The van der Waals surface area contributed by atoms with Crippen LogP contribution in [-0.2, 0) is 4.79 Å². The lowest BCUT2D eigenvalue weighted by Gasteiger charge is -2.44. The molecule has 0 radical (unpaired) electrons. The van der Waals surface area contributed by atoms with Gasteiger partial charge in [0.2, 0.25) is 0 Å². The Hall–Kier alpha value is -1.30. The third-order valence-corrected chi connectivity index (χ3v) is 4.13. The number of aliphatic carboxylic acids is 1. The van der Waals surface area contributed by atoms with Gasteiger partial charge >= 0.3 is 12.0 Å². The first-order valence-corrected chi connectivity index (χ1v) is 7.14. The maximum Gasteiger partial charge on any atom is 0.326 e. The molecule has 108 valence electrons. The number of carboxylic acids is 1. The summed E-state index contributed by atoms with van der Waals surface area (Å²) in [5, 5.41) is 11.6. The van der Waals surface area contributed by atoms with Crippen LogP contribution in [0.2, 0.25) is 0 Å². The van der Waals surface area contributed by atoms with Gasteiger partial charge in [0.05, 0.1) is 0 Å². The van der Waals surface area contributed by atoms with E-state index in [-0.39, 0.29) is 6.03 Å². The average molecular weight is 269 g/mol. The second kappa shape index (κ2) is 6.23. The van der Waals surface area contributed by atoms with Gasteiger partial charge in [-0.2, -0.15) is 0 Å². The molecule has 0 aliphatic carbocycles. The van der Waals surface area contributed by atoms with Crippen LogP contribution in [0, 0.1) is 0 Å². The fraction of sp³-hybridized carbons (Fsp3) is 0.846. The Bertz CT molecular complexity index is 348. The van der Waals surface area contributed by atoms with Gasteiger partial charge in [0.1, 0.15) is 6.04 Å². The number of carbonyl (C=O) groups is 2. The maximum atomic E-state index is 12.1. The summed E-state index contributed by atoms with van der Waals surface area (Å²) in [5.41, 5.74) is 0. The third kappa shape index (κ3) is 3.37. The highest BCUT2D eigenvalue weighted by Gasteiger charge is 2.32. The van der Waals surface area contributed by atoms with Crippen LogP contribution in [-0.4, -0.2) is 65.2 Å². The van der Waals surface area contributed by atoms with Crippen molar-refractivity contribution in [2.24, 2.45) is 0 Å². The van der Waals surface area contributed by atoms with Crippen LogP contribution in [0.1, 0.15) is 32.6 Å². The summed E-state index contributed by atoms with van der Waals surface area (Å²) in [4.78, 5) is 27.2. The molecule has 2 fully saturated rings. The summed E-state index contributed by atoms with van der Waals surface area (Å²) in [6, 6.07) is -0.561. The minimum atomic E-state index is -0.966. The van der Waals surface area contributed by atoms with Gasteiger partial charge in [-0.25, -0.2) is 9.59 Å². The fourth-order valence-electron chi connectivity index (χ4n) is 2.92. The van der Waals surface area contributed by atoms with Crippen LogP contribution >= 0.6 is 0 Å². The van der Waals surface area contributed by atoms with Gasteiger partial charge in [0.15, 0.2) is 0 Å². The van der Waals surface area contributed by atoms with Crippen molar-refractivity contribution in [3.63, 3.8) is 0 Å². The lowest BCUT2D eigenvalue weighted by atomic mass is 10.00. The molecule has 2 aliphatic rings. The Balaban J connectivity index is 1.88. The zero-order valence-corrected chi connectivity index (χ0v) is 11.5. The number of nitrogens with one attached hydrogen (secondary N) is 1. The number of hydrogen-bond donors (Lipinski definition) is 2. The molecule has 2 atom stereocenters. The van der Waals surface area contributed by atoms with E-state index in [4.69, 9.17) is 5.11 Å². The highest BCUT2D eigenvalue weighted by molar-refractivity contribution is 5.82. The number of urea groups is 1. The van der Waals surface area contributed by atoms with Crippen LogP contribution in [0.4, 0.5) is 4.79 Å². The highest BCUT2D eigenvalue weighted by Crippen LogP contribution is 2.21. The second-order valence-corrected chi connectivity index (χ2v) is 5.38. The first kappa shape index (κ1) is 14.1. The van der Waals surface area contributed by atoms with Crippen LogP contribution in [0.3, 0.4) is 0 Å². The zero-order chi connectivity index (χ0) is 13.8. The van der Waals surface area contributed by atoms with Crippen LogP contribution in [0.15, 0.2) is 0 Å². The zero-order valence-electron chi connectivity index (χ0n) is 11.5. The molecule has 19 heavy (non-hydrogen) atoms. The van der Waals surface area contributed by atoms with E-state index in [2.05, 4.69) is 10.2 Å². The first-order chi connectivity index (χ1) is 9.11. The predicted octanol–water partition coefficient (Wildman–Crippen LogP) is 0.729. The molecule has 2 aliphatic heterocycles. The molecule has 0 spiro atoms. The number of fused-ring (bicyclic) bond motifs is 1. The number of piperazine rings is 1. The summed E-state index contributed by atoms with van der Waals surface area (Å²) in [7, 11) is 0. The quantitative estimate of drug-likeness (QED) is 0.792. The van der Waals surface area contributed by atoms with Crippen molar-refractivity contribution >= 4 is 12.0 Å². The van der Waals surface area contributed by atoms with Gasteiger partial charge in [-0.15, -0.1) is 0 Å². The van der Waals surface area contributed by atoms with Crippen molar-refractivity contribution in [3.8, 4) is 0 Å². The van der Waals surface area contributed by atoms with Crippen molar-refractivity contribution in [1.29, 1.82) is 0 Å². The Morgan fingerprint density at radius 1 is 1.32 bits per heavy atom. The maximum absolute atomic E-state index is 12.1. The van der Waals surface area contributed by atoms with E-state index in [0.717, 1.165) is 26.1 Å². The van der Waals surface area contributed by atoms with Crippen molar-refractivity contribution in [1.82, 2.24) is 15.1 Å². The Kier molecular flexibility index (Phi) is 4.63. The Labute approximate surface area is 113 Å². The number of rotatable bonds is 3. The predicted molar refractivity (Wildman–Crippen MR) is 71.0 cm³/mol. The normalized spacial score (nSPS) is 25.5. The van der Waals surface area contributed by atoms with Gasteiger partial charge in [-0.3, -0.25) is 4.90 Å². The van der Waals surface area contributed by atoms with Crippen molar-refractivity contribution in [2.45, 2.75) is 44.7 Å². The Morgan fingerprint density at radius 2 is 2.11 bits per heavy atom. The number of amides is 2. The van der Waals surface area contributed by atoms with E-state index >= 15 is 0 Å². The van der Waals surface area contributed by atoms with Crippen molar-refractivity contribution in [2.75, 3.05) is 26.2 Å². The van der Waals surface area contributed by atoms with E-state index in [1.54, 1.807) is 11.8 Å². The van der Waals surface area contributed by atoms with Gasteiger partial charge in [0, 0.05) is 25.7 Å².